The Morgan fingerprint density at radius 1 is 1.42 bits per heavy atom. The van der Waals surface area contributed by atoms with E-state index in [0.717, 1.165) is 12.8 Å². The van der Waals surface area contributed by atoms with Gasteiger partial charge in [0.1, 0.15) is 0 Å². The third-order valence-electron chi connectivity index (χ3n) is 3.23. The molecule has 1 amide bonds. The normalized spacial score (nSPS) is 10.8. The van der Waals surface area contributed by atoms with Gasteiger partial charge in [0, 0.05) is 28.3 Å². The maximum atomic E-state index is 12.5. The van der Waals surface area contributed by atoms with Crippen LogP contribution in [0, 0.1) is 0 Å². The average Bonchev–Trinajstić information content (AvgIpc) is 2.41. The summed E-state index contributed by atoms with van der Waals surface area (Å²) in [6.45, 7) is 4.42. The van der Waals surface area contributed by atoms with E-state index in [0.29, 0.717) is 22.3 Å². The van der Waals surface area contributed by atoms with E-state index in [1.165, 1.54) is 0 Å². The molecule has 5 heteroatoms. The van der Waals surface area contributed by atoms with Gasteiger partial charge in [0.2, 0.25) is 0 Å². The minimum Gasteiger partial charge on any atom is -0.398 e. The van der Waals surface area contributed by atoms with E-state index >= 15 is 0 Å². The minimum absolute atomic E-state index is 0.0294. The van der Waals surface area contributed by atoms with Crippen LogP contribution in [-0.2, 0) is 0 Å². The van der Waals surface area contributed by atoms with Crippen molar-refractivity contribution in [3.8, 4) is 0 Å². The van der Waals surface area contributed by atoms with E-state index in [4.69, 9.17) is 10.8 Å². The number of halogens is 1. The molecule has 0 spiro atoms. The summed E-state index contributed by atoms with van der Waals surface area (Å²) in [5.74, 6) is -0.0662. The Morgan fingerprint density at radius 3 is 2.53 bits per heavy atom. The summed E-state index contributed by atoms with van der Waals surface area (Å²) in [6, 6.07) is 5.30. The van der Waals surface area contributed by atoms with Crippen molar-refractivity contribution in [1.29, 1.82) is 0 Å². The highest BCUT2D eigenvalue weighted by molar-refractivity contribution is 9.10. The Kier molecular flexibility index (Phi) is 6.31. The lowest BCUT2D eigenvalue weighted by Gasteiger charge is -2.30. The predicted molar refractivity (Wildman–Crippen MR) is 81.0 cm³/mol. The van der Waals surface area contributed by atoms with Gasteiger partial charge in [-0.2, -0.15) is 0 Å². The molecule has 0 aliphatic rings. The van der Waals surface area contributed by atoms with Gasteiger partial charge < -0.3 is 15.7 Å². The quantitative estimate of drug-likeness (QED) is 0.789. The molecule has 1 rings (SSSR count). The van der Waals surface area contributed by atoms with Crippen molar-refractivity contribution in [2.24, 2.45) is 0 Å². The van der Waals surface area contributed by atoms with Gasteiger partial charge in [-0.05, 0) is 47.0 Å². The highest BCUT2D eigenvalue weighted by atomic mass is 79.9. The first kappa shape index (κ1) is 16.0. The van der Waals surface area contributed by atoms with Crippen molar-refractivity contribution in [2.45, 2.75) is 32.7 Å². The Hall–Kier alpha value is -1.07. The van der Waals surface area contributed by atoms with Crippen molar-refractivity contribution < 1.29 is 9.90 Å². The maximum absolute atomic E-state index is 12.5. The number of benzene rings is 1. The van der Waals surface area contributed by atoms with Crippen LogP contribution < -0.4 is 5.73 Å². The molecular weight excluding hydrogens is 308 g/mol. The van der Waals surface area contributed by atoms with Crippen molar-refractivity contribution in [3.63, 3.8) is 0 Å². The summed E-state index contributed by atoms with van der Waals surface area (Å²) >= 11 is 3.33. The molecule has 1 aromatic rings. The number of anilines is 1. The highest BCUT2D eigenvalue weighted by Crippen LogP contribution is 2.22. The lowest BCUT2D eigenvalue weighted by molar-refractivity contribution is 0.0622. The van der Waals surface area contributed by atoms with E-state index in [1.54, 1.807) is 23.1 Å². The molecular formula is C14H21BrN2O2. The van der Waals surface area contributed by atoms with E-state index in [2.05, 4.69) is 15.9 Å². The summed E-state index contributed by atoms with van der Waals surface area (Å²) in [5, 5.41) is 9.15. The fourth-order valence-corrected chi connectivity index (χ4v) is 2.49. The number of hydrogen-bond acceptors (Lipinski definition) is 3. The number of rotatable bonds is 6. The first-order chi connectivity index (χ1) is 9.04. The van der Waals surface area contributed by atoms with Crippen LogP contribution in [0.2, 0.25) is 0 Å². The summed E-state index contributed by atoms with van der Waals surface area (Å²) in [6.07, 6.45) is 1.75. The van der Waals surface area contributed by atoms with Gasteiger partial charge in [-0.3, -0.25) is 4.79 Å². The third kappa shape index (κ3) is 3.94. The van der Waals surface area contributed by atoms with E-state index in [9.17, 15) is 4.79 Å². The molecule has 1 aromatic carbocycles. The molecule has 0 heterocycles. The Bertz CT molecular complexity index is 433. The topological polar surface area (TPSA) is 66.6 Å². The smallest absolute Gasteiger partial charge is 0.254 e. The number of hydrogen-bond donors (Lipinski definition) is 2. The monoisotopic (exact) mass is 328 g/mol. The van der Waals surface area contributed by atoms with Gasteiger partial charge in [0.25, 0.3) is 5.91 Å². The number of aliphatic hydroxyl groups is 1. The van der Waals surface area contributed by atoms with Gasteiger partial charge in [0.15, 0.2) is 0 Å². The predicted octanol–water partition coefficient (Wildman–Crippen LogP) is 2.65. The molecule has 19 heavy (non-hydrogen) atoms. The zero-order valence-corrected chi connectivity index (χ0v) is 13.0. The second-order valence-electron chi connectivity index (χ2n) is 4.43. The largest absolute Gasteiger partial charge is 0.398 e. The number of aliphatic hydroxyl groups excluding tert-OH is 1. The van der Waals surface area contributed by atoms with Crippen LogP contribution in [0.3, 0.4) is 0 Å². The van der Waals surface area contributed by atoms with Crippen LogP contribution in [0.15, 0.2) is 22.7 Å². The van der Waals surface area contributed by atoms with Crippen molar-refractivity contribution >= 4 is 27.5 Å². The summed E-state index contributed by atoms with van der Waals surface area (Å²) < 4.78 is 0.715. The molecule has 0 saturated carbocycles. The van der Waals surface area contributed by atoms with Crippen LogP contribution in [0.1, 0.15) is 37.0 Å². The van der Waals surface area contributed by atoms with Crippen molar-refractivity contribution in [2.75, 3.05) is 18.9 Å². The Morgan fingerprint density at radius 2 is 2.05 bits per heavy atom. The van der Waals surface area contributed by atoms with Crippen molar-refractivity contribution in [1.82, 2.24) is 4.90 Å². The Labute approximate surface area is 122 Å². The first-order valence-corrected chi connectivity index (χ1v) is 7.31. The number of nitrogens with zero attached hydrogens (tertiary/aromatic N) is 1. The number of nitrogens with two attached hydrogens (primary N) is 1. The molecule has 4 nitrogen and oxygen atoms in total. The second kappa shape index (κ2) is 7.50. The second-order valence-corrected chi connectivity index (χ2v) is 5.28. The molecule has 3 N–H and O–H groups in total. The van der Waals surface area contributed by atoms with E-state index < -0.39 is 0 Å². The third-order valence-corrected chi connectivity index (χ3v) is 3.92. The van der Waals surface area contributed by atoms with Gasteiger partial charge >= 0.3 is 0 Å². The molecule has 0 unspecified atom stereocenters. The van der Waals surface area contributed by atoms with Crippen LogP contribution in [0.25, 0.3) is 0 Å². The standard InChI is InChI=1S/C14H21BrN2O2/c1-3-11(4-2)17(7-8-18)14(19)10-5-6-13(16)12(15)9-10/h5-6,9,11,18H,3-4,7-8,16H2,1-2H3. The lowest BCUT2D eigenvalue weighted by Crippen LogP contribution is -2.41. The molecule has 0 aliphatic carbocycles. The van der Waals surface area contributed by atoms with Gasteiger partial charge in [-0.15, -0.1) is 0 Å². The summed E-state index contributed by atoms with van der Waals surface area (Å²) in [4.78, 5) is 14.2. The zero-order valence-electron chi connectivity index (χ0n) is 11.4. The Balaban J connectivity index is 3.01. The van der Waals surface area contributed by atoms with E-state index in [-0.39, 0.29) is 18.6 Å². The van der Waals surface area contributed by atoms with Gasteiger partial charge in [-0.1, -0.05) is 13.8 Å². The zero-order chi connectivity index (χ0) is 14.4. The molecule has 0 aliphatic heterocycles. The SMILES string of the molecule is CCC(CC)N(CCO)C(=O)c1ccc(N)c(Br)c1. The van der Waals surface area contributed by atoms with E-state index in [1.807, 2.05) is 13.8 Å². The minimum atomic E-state index is -0.0662. The summed E-state index contributed by atoms with van der Waals surface area (Å²) in [7, 11) is 0. The van der Waals surface area contributed by atoms with Gasteiger partial charge in [-0.25, -0.2) is 0 Å². The number of carbonyl (C=O) groups is 1. The van der Waals surface area contributed by atoms with Crippen LogP contribution in [0.4, 0.5) is 5.69 Å². The number of amides is 1. The lowest BCUT2D eigenvalue weighted by atomic mass is 10.1. The first-order valence-electron chi connectivity index (χ1n) is 6.51. The number of carbonyl (C=O) groups excluding carboxylic acids is 1. The van der Waals surface area contributed by atoms with Gasteiger partial charge in [0.05, 0.1) is 6.61 Å². The molecule has 0 saturated heterocycles. The fraction of sp³-hybridized carbons (Fsp3) is 0.500. The average molecular weight is 329 g/mol. The molecule has 0 aromatic heterocycles. The summed E-state index contributed by atoms with van der Waals surface area (Å²) in [5.41, 5.74) is 6.91. The maximum Gasteiger partial charge on any atom is 0.254 e. The molecule has 0 bridgehead atoms. The molecule has 0 fully saturated rings. The van der Waals surface area contributed by atoms with Crippen LogP contribution in [-0.4, -0.2) is 35.1 Å². The number of nitrogen functional groups attached to an aromatic ring is 1. The molecule has 106 valence electrons. The molecule has 0 radical (unpaired) electrons. The van der Waals surface area contributed by atoms with Crippen molar-refractivity contribution in [3.05, 3.63) is 28.2 Å². The molecule has 0 atom stereocenters. The van der Waals surface area contributed by atoms with Crippen LogP contribution in [0.5, 0.6) is 0 Å². The highest BCUT2D eigenvalue weighted by Gasteiger charge is 2.22. The van der Waals surface area contributed by atoms with Crippen LogP contribution >= 0.6 is 15.9 Å². The fourth-order valence-electron chi connectivity index (χ4n) is 2.11.